The van der Waals surface area contributed by atoms with Crippen LogP contribution in [0, 0.1) is 46.5 Å². The van der Waals surface area contributed by atoms with Crippen LogP contribution in [-0.2, 0) is 11.4 Å². The number of ether oxygens (including phenoxy) is 1. The molecule has 0 spiro atoms. The van der Waals surface area contributed by atoms with Gasteiger partial charge in [-0.1, -0.05) is 41.9 Å². The largest absolute Gasteiger partial charge is 0.489 e. The number of rotatable bonds is 6. The zero-order chi connectivity index (χ0) is 31.2. The van der Waals surface area contributed by atoms with Gasteiger partial charge in [-0.25, -0.2) is 4.39 Å². The van der Waals surface area contributed by atoms with Gasteiger partial charge < -0.3 is 10.5 Å². The number of halogens is 2. The molecule has 0 radical (unpaired) electrons. The summed E-state index contributed by atoms with van der Waals surface area (Å²) in [4.78, 5) is 26.7. The second-order valence-corrected chi connectivity index (χ2v) is 12.7. The van der Waals surface area contributed by atoms with Gasteiger partial charge in [-0.05, 0) is 84.3 Å². The number of aryl methyl sites for hydroxylation is 2. The molecule has 1 aliphatic carbocycles. The summed E-state index contributed by atoms with van der Waals surface area (Å²) in [5.41, 5.74) is 10.1. The lowest BCUT2D eigenvalue weighted by atomic mass is 9.68. The highest BCUT2D eigenvalue weighted by Gasteiger charge is 2.46. The molecule has 0 aromatic heterocycles. The van der Waals surface area contributed by atoms with Crippen LogP contribution in [0.3, 0.4) is 0 Å². The van der Waals surface area contributed by atoms with Crippen molar-refractivity contribution < 1.29 is 18.8 Å². The smallest absolute Gasteiger partial charge is 0.296 e. The van der Waals surface area contributed by atoms with Crippen molar-refractivity contribution in [1.29, 1.82) is 5.26 Å². The van der Waals surface area contributed by atoms with Gasteiger partial charge in [-0.3, -0.25) is 19.8 Å². The molecule has 3 aromatic carbocycles. The van der Waals surface area contributed by atoms with Crippen molar-refractivity contribution in [2.24, 2.45) is 11.1 Å². The molecule has 10 heteroatoms. The summed E-state index contributed by atoms with van der Waals surface area (Å²) in [5.74, 6) is -1.07. The molecule has 0 bridgehead atoms. The zero-order valence-electron chi connectivity index (χ0n) is 24.2. The van der Waals surface area contributed by atoms with Gasteiger partial charge in [0.25, 0.3) is 5.69 Å². The molecule has 43 heavy (non-hydrogen) atoms. The maximum absolute atomic E-state index is 14.1. The van der Waals surface area contributed by atoms with Crippen LogP contribution in [0.25, 0.3) is 0 Å². The Morgan fingerprint density at radius 1 is 1.14 bits per heavy atom. The number of anilines is 1. The van der Waals surface area contributed by atoms with Crippen LogP contribution < -0.4 is 15.4 Å². The third-order valence-corrected chi connectivity index (χ3v) is 8.53. The summed E-state index contributed by atoms with van der Waals surface area (Å²) in [6, 6.07) is 16.8. The molecular weight excluding hydrogens is 615 g/mol. The predicted octanol–water partition coefficient (Wildman–Crippen LogP) is 7.63. The number of ketones is 1. The average Bonchev–Trinajstić information content (AvgIpc) is 2.93. The molecule has 2 N–H and O–H groups in total. The van der Waals surface area contributed by atoms with Gasteiger partial charge in [0.15, 0.2) is 5.78 Å². The first kappa shape index (κ1) is 30.0. The summed E-state index contributed by atoms with van der Waals surface area (Å²) < 4.78 is 21.1. The molecule has 1 unspecified atom stereocenters. The number of nitrogens with two attached hydrogens (primary N) is 1. The van der Waals surface area contributed by atoms with Crippen molar-refractivity contribution in [2.75, 3.05) is 4.90 Å². The highest BCUT2D eigenvalue weighted by molar-refractivity contribution is 9.10. The lowest BCUT2D eigenvalue weighted by Crippen LogP contribution is -2.42. The fraction of sp³-hybridized carbons (Fsp3) is 0.273. The number of carbonyl (C=O) groups excluding carboxylic acids is 1. The Morgan fingerprint density at radius 2 is 1.84 bits per heavy atom. The number of hydrogen-bond donors (Lipinski definition) is 1. The molecule has 220 valence electrons. The van der Waals surface area contributed by atoms with Crippen LogP contribution in [0.2, 0.25) is 0 Å². The Balaban J connectivity index is 1.70. The number of carbonyl (C=O) groups is 1. The van der Waals surface area contributed by atoms with E-state index in [0.717, 1.165) is 38.9 Å². The van der Waals surface area contributed by atoms with E-state index < -0.39 is 27.8 Å². The summed E-state index contributed by atoms with van der Waals surface area (Å²) in [6.45, 7) is 8.03. The summed E-state index contributed by atoms with van der Waals surface area (Å²) in [5, 5.41) is 22.5. The van der Waals surface area contributed by atoms with Crippen LogP contribution in [0.1, 0.15) is 54.9 Å². The minimum absolute atomic E-state index is 0.00249. The minimum Gasteiger partial charge on any atom is -0.489 e. The van der Waals surface area contributed by atoms with Crippen molar-refractivity contribution in [3.8, 4) is 11.8 Å². The van der Waals surface area contributed by atoms with Crippen molar-refractivity contribution >= 4 is 33.1 Å². The van der Waals surface area contributed by atoms with Gasteiger partial charge >= 0.3 is 0 Å². The molecule has 5 rings (SSSR count). The van der Waals surface area contributed by atoms with Crippen LogP contribution in [-0.4, -0.2) is 10.7 Å². The summed E-state index contributed by atoms with van der Waals surface area (Å²) in [7, 11) is 0. The standard InChI is InChI=1S/C33H30BrFN4O4/c1-18-11-19(2)24(12-20(18)17-43-23-8-5-21(34)6-9-23)30-25(16-36)32(37)38(26-10-7-22(35)13-27(26)39(41)42)28-14-33(3,4)15-29(40)31(28)30/h5-13,30H,14-15,17,37H2,1-4H3. The van der Waals surface area contributed by atoms with Crippen LogP contribution >= 0.6 is 15.9 Å². The highest BCUT2D eigenvalue weighted by atomic mass is 79.9. The Hall–Kier alpha value is -4.49. The molecule has 1 heterocycles. The van der Waals surface area contributed by atoms with E-state index in [-0.39, 0.29) is 35.9 Å². The first-order valence-electron chi connectivity index (χ1n) is 13.7. The fourth-order valence-corrected chi connectivity index (χ4v) is 6.27. The number of allylic oxidation sites excluding steroid dienone is 3. The molecule has 0 amide bonds. The summed E-state index contributed by atoms with van der Waals surface area (Å²) >= 11 is 3.42. The third-order valence-electron chi connectivity index (χ3n) is 8.00. The molecule has 3 aromatic rings. The van der Waals surface area contributed by atoms with Gasteiger partial charge in [0.2, 0.25) is 0 Å². The van der Waals surface area contributed by atoms with E-state index in [4.69, 9.17) is 10.5 Å². The number of nitro groups is 1. The number of Topliss-reactive ketones (excluding diaryl/α,β-unsaturated/α-hetero) is 1. The Labute approximate surface area is 257 Å². The van der Waals surface area contributed by atoms with Gasteiger partial charge in [-0.2, -0.15) is 5.26 Å². The number of nitrogens with zero attached hydrogens (tertiary/aromatic N) is 3. The first-order chi connectivity index (χ1) is 20.3. The molecule has 2 aliphatic rings. The van der Waals surface area contributed by atoms with Crippen molar-refractivity contribution in [1.82, 2.24) is 0 Å². The molecule has 0 saturated carbocycles. The van der Waals surface area contributed by atoms with Crippen LogP contribution in [0.5, 0.6) is 5.75 Å². The maximum Gasteiger partial charge on any atom is 0.296 e. The molecule has 0 fully saturated rings. The van der Waals surface area contributed by atoms with E-state index >= 15 is 0 Å². The van der Waals surface area contributed by atoms with Gasteiger partial charge in [-0.15, -0.1) is 0 Å². The van der Waals surface area contributed by atoms with E-state index in [0.29, 0.717) is 23.4 Å². The monoisotopic (exact) mass is 644 g/mol. The molecule has 1 aliphatic heterocycles. The Kier molecular flexibility index (Phi) is 7.88. The number of benzene rings is 3. The van der Waals surface area contributed by atoms with E-state index in [9.17, 15) is 24.6 Å². The zero-order valence-corrected chi connectivity index (χ0v) is 25.8. The molecule has 0 saturated heterocycles. The first-order valence-corrected chi connectivity index (χ1v) is 14.5. The van der Waals surface area contributed by atoms with Gasteiger partial charge in [0, 0.05) is 22.2 Å². The minimum atomic E-state index is -0.786. The lowest BCUT2D eigenvalue weighted by molar-refractivity contribution is -0.384. The number of hydrogen-bond acceptors (Lipinski definition) is 7. The third kappa shape index (κ3) is 5.65. The Morgan fingerprint density at radius 3 is 2.49 bits per heavy atom. The Bertz CT molecular complexity index is 1770. The highest BCUT2D eigenvalue weighted by Crippen LogP contribution is 2.52. The second kappa shape index (κ2) is 11.3. The van der Waals surface area contributed by atoms with Crippen LogP contribution in [0.15, 0.2) is 81.7 Å². The molecule has 1 atom stereocenters. The normalized spacial score (nSPS) is 17.9. The van der Waals surface area contributed by atoms with Gasteiger partial charge in [0.05, 0.1) is 28.5 Å². The van der Waals surface area contributed by atoms with Crippen molar-refractivity contribution in [3.05, 3.63) is 120 Å². The fourth-order valence-electron chi connectivity index (χ4n) is 6.00. The van der Waals surface area contributed by atoms with Crippen molar-refractivity contribution in [2.45, 2.75) is 53.1 Å². The van der Waals surface area contributed by atoms with E-state index in [1.54, 1.807) is 0 Å². The molecular formula is C33H30BrFN4O4. The SMILES string of the molecule is Cc1cc(C)c(C2C(C#N)=C(N)N(c3ccc(F)cc3[N+](=O)[O-])C3=C2C(=O)CC(C)(C)C3)cc1COc1ccc(Br)cc1. The maximum atomic E-state index is 14.1. The molecule has 8 nitrogen and oxygen atoms in total. The van der Waals surface area contributed by atoms with E-state index in [1.165, 1.54) is 11.0 Å². The summed E-state index contributed by atoms with van der Waals surface area (Å²) in [6.07, 6.45) is 0.591. The predicted molar refractivity (Wildman–Crippen MR) is 165 cm³/mol. The average molecular weight is 646 g/mol. The quantitative estimate of drug-likeness (QED) is 0.216. The number of nitro benzene ring substituents is 1. The van der Waals surface area contributed by atoms with Crippen molar-refractivity contribution in [3.63, 3.8) is 0 Å². The van der Waals surface area contributed by atoms with Gasteiger partial charge in [0.1, 0.15) is 29.7 Å². The number of nitriles is 1. The van der Waals surface area contributed by atoms with Crippen LogP contribution in [0.4, 0.5) is 15.8 Å². The van der Waals surface area contributed by atoms with E-state index in [1.807, 2.05) is 64.1 Å². The van der Waals surface area contributed by atoms with E-state index in [2.05, 4.69) is 22.0 Å². The lowest BCUT2D eigenvalue weighted by Gasteiger charge is -2.43. The topological polar surface area (TPSA) is 122 Å². The second-order valence-electron chi connectivity index (χ2n) is 11.7.